The summed E-state index contributed by atoms with van der Waals surface area (Å²) in [6, 6.07) is 13.6. The van der Waals surface area contributed by atoms with Gasteiger partial charge in [-0.2, -0.15) is 0 Å². The van der Waals surface area contributed by atoms with Crippen LogP contribution in [0.25, 0.3) is 0 Å². The second-order valence-corrected chi connectivity index (χ2v) is 5.75. The summed E-state index contributed by atoms with van der Waals surface area (Å²) in [5.74, 6) is 0.520. The maximum atomic E-state index is 13.1. The molecule has 0 radical (unpaired) electrons. The molecule has 0 bridgehead atoms. The molecule has 0 N–H and O–H groups in total. The molecule has 1 aliphatic rings. The number of hydrogen-bond donors (Lipinski definition) is 0. The van der Waals surface area contributed by atoms with Crippen LogP contribution in [0.3, 0.4) is 0 Å². The highest BCUT2D eigenvalue weighted by Gasteiger charge is 2.28. The topological polar surface area (TPSA) is 38.8 Å². The van der Waals surface area contributed by atoms with Crippen LogP contribution >= 0.6 is 0 Å². The summed E-state index contributed by atoms with van der Waals surface area (Å²) in [6.07, 6.45) is 0.321. The van der Waals surface area contributed by atoms with Gasteiger partial charge in [-0.25, -0.2) is 4.39 Å². The first kappa shape index (κ1) is 16.5. The third kappa shape index (κ3) is 3.74. The van der Waals surface area contributed by atoms with Crippen LogP contribution in [0.1, 0.15) is 17.2 Å². The molecular weight excluding hydrogens is 309 g/mol. The quantitative estimate of drug-likeness (QED) is 0.866. The van der Waals surface area contributed by atoms with E-state index in [0.717, 1.165) is 16.9 Å². The molecular formula is C19H20FNO3. The predicted octanol–water partition coefficient (Wildman–Crippen LogP) is 2.98. The van der Waals surface area contributed by atoms with E-state index in [1.165, 1.54) is 12.1 Å². The SMILES string of the molecule is COc1ccc(CC(=O)N2CCOCC2c2ccc(F)cc2)cc1. The number of methoxy groups -OCH3 is 1. The first-order valence-corrected chi connectivity index (χ1v) is 7.93. The van der Waals surface area contributed by atoms with Gasteiger partial charge in [0.15, 0.2) is 0 Å². The minimum atomic E-state index is -0.286. The van der Waals surface area contributed by atoms with Gasteiger partial charge >= 0.3 is 0 Å². The Balaban J connectivity index is 1.74. The summed E-state index contributed by atoms with van der Waals surface area (Å²) in [7, 11) is 1.61. The van der Waals surface area contributed by atoms with Crippen molar-refractivity contribution in [1.29, 1.82) is 0 Å². The molecule has 0 aromatic heterocycles. The monoisotopic (exact) mass is 329 g/mol. The van der Waals surface area contributed by atoms with E-state index in [-0.39, 0.29) is 17.8 Å². The van der Waals surface area contributed by atoms with Gasteiger partial charge in [0.2, 0.25) is 5.91 Å². The summed E-state index contributed by atoms with van der Waals surface area (Å²) in [5.41, 5.74) is 1.82. The Morgan fingerprint density at radius 2 is 1.92 bits per heavy atom. The molecule has 126 valence electrons. The number of benzene rings is 2. The zero-order chi connectivity index (χ0) is 16.9. The minimum Gasteiger partial charge on any atom is -0.497 e. The number of ether oxygens (including phenoxy) is 2. The molecule has 24 heavy (non-hydrogen) atoms. The number of amides is 1. The number of nitrogens with zero attached hydrogens (tertiary/aromatic N) is 1. The van der Waals surface area contributed by atoms with Crippen LogP contribution in [0.15, 0.2) is 48.5 Å². The summed E-state index contributed by atoms with van der Waals surface area (Å²) >= 11 is 0. The highest BCUT2D eigenvalue weighted by Crippen LogP contribution is 2.25. The van der Waals surface area contributed by atoms with Crippen molar-refractivity contribution in [2.75, 3.05) is 26.9 Å². The number of carbonyl (C=O) groups excluding carboxylic acids is 1. The van der Waals surface area contributed by atoms with E-state index in [1.807, 2.05) is 29.2 Å². The van der Waals surface area contributed by atoms with Crippen LogP contribution in [0.4, 0.5) is 4.39 Å². The Morgan fingerprint density at radius 1 is 1.21 bits per heavy atom. The van der Waals surface area contributed by atoms with Crippen LogP contribution in [0.5, 0.6) is 5.75 Å². The standard InChI is InChI=1S/C19H20FNO3/c1-23-17-8-2-14(3-9-17)12-19(22)21-10-11-24-13-18(21)15-4-6-16(20)7-5-15/h2-9,18H,10-13H2,1H3. The molecule has 2 aromatic carbocycles. The lowest BCUT2D eigenvalue weighted by molar-refractivity contribution is -0.139. The lowest BCUT2D eigenvalue weighted by Gasteiger charge is -2.36. The van der Waals surface area contributed by atoms with Gasteiger partial charge < -0.3 is 14.4 Å². The maximum absolute atomic E-state index is 13.1. The average Bonchev–Trinajstić information content (AvgIpc) is 2.63. The van der Waals surface area contributed by atoms with Crippen molar-refractivity contribution in [3.8, 4) is 5.75 Å². The number of hydrogen-bond acceptors (Lipinski definition) is 3. The van der Waals surface area contributed by atoms with Crippen molar-refractivity contribution >= 4 is 5.91 Å². The minimum absolute atomic E-state index is 0.0396. The van der Waals surface area contributed by atoms with Crippen LogP contribution in [0.2, 0.25) is 0 Å². The van der Waals surface area contributed by atoms with Gasteiger partial charge in [-0.3, -0.25) is 4.79 Å². The first-order valence-electron chi connectivity index (χ1n) is 7.93. The number of morpholine rings is 1. The van der Waals surface area contributed by atoms with Crippen molar-refractivity contribution in [1.82, 2.24) is 4.90 Å². The van der Waals surface area contributed by atoms with Gasteiger partial charge in [0.25, 0.3) is 0 Å². The molecule has 1 fully saturated rings. The van der Waals surface area contributed by atoms with E-state index in [0.29, 0.717) is 26.2 Å². The highest BCUT2D eigenvalue weighted by molar-refractivity contribution is 5.79. The summed E-state index contributed by atoms with van der Waals surface area (Å²) in [5, 5.41) is 0. The van der Waals surface area contributed by atoms with Crippen LogP contribution in [0, 0.1) is 5.82 Å². The highest BCUT2D eigenvalue weighted by atomic mass is 19.1. The van der Waals surface area contributed by atoms with Gasteiger partial charge in [0.05, 0.1) is 32.8 Å². The lowest BCUT2D eigenvalue weighted by atomic mass is 10.0. The van der Waals surface area contributed by atoms with Crippen LogP contribution in [-0.2, 0) is 16.0 Å². The molecule has 3 rings (SSSR count). The fraction of sp³-hybridized carbons (Fsp3) is 0.316. The van der Waals surface area contributed by atoms with E-state index in [9.17, 15) is 9.18 Å². The largest absolute Gasteiger partial charge is 0.497 e. The molecule has 4 nitrogen and oxygen atoms in total. The number of rotatable bonds is 4. The van der Waals surface area contributed by atoms with Crippen molar-refractivity contribution in [2.24, 2.45) is 0 Å². The summed E-state index contributed by atoms with van der Waals surface area (Å²) in [4.78, 5) is 14.6. The molecule has 1 unspecified atom stereocenters. The Hall–Kier alpha value is -2.40. The van der Waals surface area contributed by atoms with E-state index in [1.54, 1.807) is 19.2 Å². The average molecular weight is 329 g/mol. The van der Waals surface area contributed by atoms with Crippen molar-refractivity contribution in [3.05, 3.63) is 65.5 Å². The number of carbonyl (C=O) groups is 1. The Bertz CT molecular complexity index is 685. The van der Waals surface area contributed by atoms with Crippen molar-refractivity contribution < 1.29 is 18.7 Å². The third-order valence-corrected chi connectivity index (χ3v) is 4.22. The first-order chi connectivity index (χ1) is 11.7. The predicted molar refractivity (Wildman–Crippen MR) is 88.4 cm³/mol. The van der Waals surface area contributed by atoms with Gasteiger partial charge in [-0.1, -0.05) is 24.3 Å². The molecule has 2 aromatic rings. The normalized spacial score (nSPS) is 17.6. The molecule has 0 saturated carbocycles. The molecule has 1 atom stereocenters. The summed E-state index contributed by atoms with van der Waals surface area (Å²) in [6.45, 7) is 1.49. The molecule has 1 amide bonds. The molecule has 0 aliphatic carbocycles. The number of halogens is 1. The second-order valence-electron chi connectivity index (χ2n) is 5.75. The second kappa shape index (κ2) is 7.45. The molecule has 0 spiro atoms. The molecule has 1 aliphatic heterocycles. The molecule has 1 saturated heterocycles. The molecule has 1 heterocycles. The fourth-order valence-corrected chi connectivity index (χ4v) is 2.88. The Morgan fingerprint density at radius 3 is 2.58 bits per heavy atom. The van der Waals surface area contributed by atoms with Crippen LogP contribution < -0.4 is 4.74 Å². The fourth-order valence-electron chi connectivity index (χ4n) is 2.88. The van der Waals surface area contributed by atoms with Crippen molar-refractivity contribution in [2.45, 2.75) is 12.5 Å². The van der Waals surface area contributed by atoms with Gasteiger partial charge in [-0.05, 0) is 35.4 Å². The maximum Gasteiger partial charge on any atom is 0.227 e. The lowest BCUT2D eigenvalue weighted by Crippen LogP contribution is -2.44. The van der Waals surface area contributed by atoms with E-state index in [2.05, 4.69) is 0 Å². The van der Waals surface area contributed by atoms with E-state index < -0.39 is 0 Å². The van der Waals surface area contributed by atoms with Crippen LogP contribution in [-0.4, -0.2) is 37.7 Å². The Kier molecular flexibility index (Phi) is 5.11. The zero-order valence-electron chi connectivity index (χ0n) is 13.6. The van der Waals surface area contributed by atoms with Crippen molar-refractivity contribution in [3.63, 3.8) is 0 Å². The van der Waals surface area contributed by atoms with Gasteiger partial charge in [-0.15, -0.1) is 0 Å². The zero-order valence-corrected chi connectivity index (χ0v) is 13.6. The van der Waals surface area contributed by atoms with Gasteiger partial charge in [0, 0.05) is 6.54 Å². The Labute approximate surface area is 140 Å². The van der Waals surface area contributed by atoms with E-state index >= 15 is 0 Å². The van der Waals surface area contributed by atoms with E-state index in [4.69, 9.17) is 9.47 Å². The third-order valence-electron chi connectivity index (χ3n) is 4.22. The van der Waals surface area contributed by atoms with Gasteiger partial charge in [0.1, 0.15) is 11.6 Å². The summed E-state index contributed by atoms with van der Waals surface area (Å²) < 4.78 is 23.8. The molecule has 5 heteroatoms. The smallest absolute Gasteiger partial charge is 0.227 e.